The van der Waals surface area contributed by atoms with Crippen LogP contribution in [0.15, 0.2) is 24.3 Å². The van der Waals surface area contributed by atoms with E-state index in [0.717, 1.165) is 17.7 Å². The minimum Gasteiger partial charge on any atom is -0.492 e. The van der Waals surface area contributed by atoms with E-state index >= 15 is 0 Å². The Kier molecular flexibility index (Phi) is 6.10. The molecule has 1 aromatic carbocycles. The van der Waals surface area contributed by atoms with E-state index in [-0.39, 0.29) is 5.91 Å². The lowest BCUT2D eigenvalue weighted by Gasteiger charge is -2.08. The Morgan fingerprint density at radius 2 is 2.29 bits per heavy atom. The standard InChI is InChI=1S/C13H20N2O2/c1-11-4-2-5-12(10-11)17-9-8-15-13(16)6-3-7-14/h2,4-5,10H,3,6-9,14H2,1H3,(H,15,16). The van der Waals surface area contributed by atoms with Gasteiger partial charge in [0.2, 0.25) is 5.91 Å². The van der Waals surface area contributed by atoms with Crippen LogP contribution in [-0.2, 0) is 4.79 Å². The highest BCUT2D eigenvalue weighted by Crippen LogP contribution is 2.11. The third-order valence-electron chi connectivity index (χ3n) is 2.29. The van der Waals surface area contributed by atoms with E-state index in [2.05, 4.69) is 5.32 Å². The van der Waals surface area contributed by atoms with Crippen LogP contribution in [0, 0.1) is 6.92 Å². The van der Waals surface area contributed by atoms with Crippen LogP contribution >= 0.6 is 0 Å². The van der Waals surface area contributed by atoms with Crippen molar-refractivity contribution in [2.24, 2.45) is 5.73 Å². The number of hydrogen-bond acceptors (Lipinski definition) is 3. The van der Waals surface area contributed by atoms with Gasteiger partial charge in [-0.1, -0.05) is 12.1 Å². The lowest BCUT2D eigenvalue weighted by molar-refractivity contribution is -0.121. The summed E-state index contributed by atoms with van der Waals surface area (Å²) in [7, 11) is 0. The molecule has 0 bridgehead atoms. The van der Waals surface area contributed by atoms with Crippen molar-refractivity contribution in [1.29, 1.82) is 0 Å². The van der Waals surface area contributed by atoms with Gasteiger partial charge in [-0.15, -0.1) is 0 Å². The van der Waals surface area contributed by atoms with Gasteiger partial charge in [0.15, 0.2) is 0 Å². The number of benzene rings is 1. The Morgan fingerprint density at radius 1 is 1.47 bits per heavy atom. The van der Waals surface area contributed by atoms with Crippen LogP contribution in [0.2, 0.25) is 0 Å². The van der Waals surface area contributed by atoms with Crippen LogP contribution < -0.4 is 15.8 Å². The van der Waals surface area contributed by atoms with Gasteiger partial charge in [0.05, 0.1) is 6.54 Å². The van der Waals surface area contributed by atoms with Gasteiger partial charge < -0.3 is 15.8 Å². The van der Waals surface area contributed by atoms with Gasteiger partial charge in [0.1, 0.15) is 12.4 Å². The number of rotatable bonds is 7. The summed E-state index contributed by atoms with van der Waals surface area (Å²) >= 11 is 0. The van der Waals surface area contributed by atoms with Gasteiger partial charge in [0.25, 0.3) is 0 Å². The maximum Gasteiger partial charge on any atom is 0.220 e. The Morgan fingerprint density at radius 3 is 3.00 bits per heavy atom. The molecule has 1 aromatic rings. The minimum atomic E-state index is 0.0308. The first kappa shape index (κ1) is 13.5. The van der Waals surface area contributed by atoms with Crippen molar-refractivity contribution in [2.45, 2.75) is 19.8 Å². The predicted molar refractivity (Wildman–Crippen MR) is 68.0 cm³/mol. The number of carbonyl (C=O) groups excluding carboxylic acids is 1. The molecule has 3 N–H and O–H groups in total. The van der Waals surface area contributed by atoms with Crippen LogP contribution in [0.25, 0.3) is 0 Å². The molecule has 0 saturated heterocycles. The largest absolute Gasteiger partial charge is 0.492 e. The van der Waals surface area contributed by atoms with E-state index < -0.39 is 0 Å². The number of amides is 1. The second-order valence-electron chi connectivity index (χ2n) is 3.91. The molecule has 0 aliphatic rings. The third kappa shape index (κ3) is 5.92. The first-order chi connectivity index (χ1) is 8.22. The number of nitrogens with two attached hydrogens (primary N) is 1. The van der Waals surface area contributed by atoms with Crippen LogP contribution in [0.4, 0.5) is 0 Å². The molecule has 0 fully saturated rings. The lowest BCUT2D eigenvalue weighted by atomic mass is 10.2. The summed E-state index contributed by atoms with van der Waals surface area (Å²) in [5, 5.41) is 2.78. The number of ether oxygens (including phenoxy) is 1. The highest BCUT2D eigenvalue weighted by atomic mass is 16.5. The topological polar surface area (TPSA) is 64.3 Å². The van der Waals surface area contributed by atoms with E-state index in [4.69, 9.17) is 10.5 Å². The second kappa shape index (κ2) is 7.68. The first-order valence-corrected chi connectivity index (χ1v) is 5.88. The number of nitrogens with one attached hydrogen (secondary N) is 1. The first-order valence-electron chi connectivity index (χ1n) is 5.88. The highest BCUT2D eigenvalue weighted by Gasteiger charge is 1.99. The van der Waals surface area contributed by atoms with Crippen molar-refractivity contribution in [3.05, 3.63) is 29.8 Å². The van der Waals surface area contributed by atoms with Gasteiger partial charge in [-0.05, 0) is 37.6 Å². The summed E-state index contributed by atoms with van der Waals surface area (Å²) in [6.07, 6.45) is 1.21. The summed E-state index contributed by atoms with van der Waals surface area (Å²) in [6, 6.07) is 7.84. The highest BCUT2D eigenvalue weighted by molar-refractivity contribution is 5.75. The van der Waals surface area contributed by atoms with Crippen molar-refractivity contribution in [3.63, 3.8) is 0 Å². The quantitative estimate of drug-likeness (QED) is 0.700. The summed E-state index contributed by atoms with van der Waals surface area (Å²) < 4.78 is 5.50. The fourth-order valence-corrected chi connectivity index (χ4v) is 1.42. The molecule has 1 amide bonds. The lowest BCUT2D eigenvalue weighted by Crippen LogP contribution is -2.28. The van der Waals surface area contributed by atoms with Crippen LogP contribution in [0.5, 0.6) is 5.75 Å². The van der Waals surface area contributed by atoms with Crippen molar-refractivity contribution in [1.82, 2.24) is 5.32 Å². The van der Waals surface area contributed by atoms with Gasteiger partial charge in [-0.25, -0.2) is 0 Å². The second-order valence-corrected chi connectivity index (χ2v) is 3.91. The average molecular weight is 236 g/mol. The third-order valence-corrected chi connectivity index (χ3v) is 2.29. The smallest absolute Gasteiger partial charge is 0.220 e. The molecule has 0 aliphatic heterocycles. The maximum absolute atomic E-state index is 11.2. The Labute approximate surface area is 102 Å². The molecule has 4 heteroatoms. The molecule has 4 nitrogen and oxygen atoms in total. The Bertz CT molecular complexity index is 353. The number of carbonyl (C=O) groups is 1. The van der Waals surface area contributed by atoms with Gasteiger partial charge >= 0.3 is 0 Å². The zero-order valence-electron chi connectivity index (χ0n) is 10.2. The zero-order chi connectivity index (χ0) is 12.5. The minimum absolute atomic E-state index is 0.0308. The molecule has 0 saturated carbocycles. The molecule has 0 atom stereocenters. The van der Waals surface area contributed by atoms with Crippen molar-refractivity contribution >= 4 is 5.91 Å². The van der Waals surface area contributed by atoms with Crippen molar-refractivity contribution in [2.75, 3.05) is 19.7 Å². The van der Waals surface area contributed by atoms with Crippen molar-refractivity contribution in [3.8, 4) is 5.75 Å². The van der Waals surface area contributed by atoms with Gasteiger partial charge in [0, 0.05) is 6.42 Å². The van der Waals surface area contributed by atoms with E-state index in [0.29, 0.717) is 26.1 Å². The maximum atomic E-state index is 11.2. The normalized spacial score (nSPS) is 10.0. The van der Waals surface area contributed by atoms with Crippen LogP contribution in [-0.4, -0.2) is 25.6 Å². The van der Waals surface area contributed by atoms with E-state index in [9.17, 15) is 4.79 Å². The molecule has 94 valence electrons. The molecule has 17 heavy (non-hydrogen) atoms. The molecule has 0 aromatic heterocycles. The molecule has 0 heterocycles. The molecule has 0 unspecified atom stereocenters. The SMILES string of the molecule is Cc1cccc(OCCNC(=O)CCCN)c1. The monoisotopic (exact) mass is 236 g/mol. The molecule has 1 rings (SSSR count). The van der Waals surface area contributed by atoms with Gasteiger partial charge in [-0.2, -0.15) is 0 Å². The Balaban J connectivity index is 2.14. The number of hydrogen-bond donors (Lipinski definition) is 2. The van der Waals surface area contributed by atoms with Gasteiger partial charge in [-0.3, -0.25) is 4.79 Å². The van der Waals surface area contributed by atoms with Crippen LogP contribution in [0.1, 0.15) is 18.4 Å². The average Bonchev–Trinajstić information content (AvgIpc) is 2.32. The Hall–Kier alpha value is -1.55. The molecular formula is C13H20N2O2. The summed E-state index contributed by atoms with van der Waals surface area (Å²) in [6.45, 7) is 3.57. The molecule has 0 radical (unpaired) electrons. The van der Waals surface area contributed by atoms with E-state index in [1.807, 2.05) is 31.2 Å². The molecular weight excluding hydrogens is 216 g/mol. The summed E-state index contributed by atoms with van der Waals surface area (Å²) in [5.74, 6) is 0.865. The van der Waals surface area contributed by atoms with E-state index in [1.54, 1.807) is 0 Å². The number of aryl methyl sites for hydroxylation is 1. The van der Waals surface area contributed by atoms with Crippen LogP contribution in [0.3, 0.4) is 0 Å². The predicted octanol–water partition coefficient (Wildman–Crippen LogP) is 1.23. The molecule has 0 aliphatic carbocycles. The zero-order valence-corrected chi connectivity index (χ0v) is 10.2. The fraction of sp³-hybridized carbons (Fsp3) is 0.462. The summed E-state index contributed by atoms with van der Waals surface area (Å²) in [5.41, 5.74) is 6.48. The summed E-state index contributed by atoms with van der Waals surface area (Å²) in [4.78, 5) is 11.2. The van der Waals surface area contributed by atoms with E-state index in [1.165, 1.54) is 0 Å². The molecule has 0 spiro atoms. The fourth-order valence-electron chi connectivity index (χ4n) is 1.42. The van der Waals surface area contributed by atoms with Crippen molar-refractivity contribution < 1.29 is 9.53 Å².